The molecule has 1 heterocycles. The van der Waals surface area contributed by atoms with Crippen LogP contribution >= 0.6 is 0 Å². The van der Waals surface area contributed by atoms with Crippen LogP contribution in [0.3, 0.4) is 0 Å². The van der Waals surface area contributed by atoms with Gasteiger partial charge in [-0.15, -0.1) is 0 Å². The van der Waals surface area contributed by atoms with Crippen molar-refractivity contribution in [2.24, 2.45) is 0 Å². The molecule has 2 amide bonds. The summed E-state index contributed by atoms with van der Waals surface area (Å²) in [5.41, 5.74) is 1.12. The van der Waals surface area contributed by atoms with Gasteiger partial charge in [-0.25, -0.2) is 4.79 Å². The zero-order chi connectivity index (χ0) is 16.9. The van der Waals surface area contributed by atoms with Crippen molar-refractivity contribution in [3.8, 4) is 0 Å². The molecule has 24 heavy (non-hydrogen) atoms. The van der Waals surface area contributed by atoms with E-state index in [4.69, 9.17) is 4.74 Å². The highest BCUT2D eigenvalue weighted by Crippen LogP contribution is 2.19. The number of amides is 2. The van der Waals surface area contributed by atoms with E-state index in [9.17, 15) is 14.7 Å². The van der Waals surface area contributed by atoms with Crippen LogP contribution in [0.25, 0.3) is 10.8 Å². The van der Waals surface area contributed by atoms with Crippen molar-refractivity contribution in [2.45, 2.75) is 12.5 Å². The Morgan fingerprint density at radius 2 is 2.04 bits per heavy atom. The topological polar surface area (TPSA) is 78.9 Å². The molecule has 2 N–H and O–H groups in total. The van der Waals surface area contributed by atoms with Crippen LogP contribution in [0.5, 0.6) is 0 Å². The number of nitrogens with one attached hydrogen (secondary N) is 1. The first kappa shape index (κ1) is 16.3. The van der Waals surface area contributed by atoms with Crippen molar-refractivity contribution >= 4 is 22.8 Å². The third-order valence-electron chi connectivity index (χ3n) is 4.20. The van der Waals surface area contributed by atoms with E-state index in [1.165, 1.54) is 4.90 Å². The number of rotatable bonds is 5. The Morgan fingerprint density at radius 3 is 2.79 bits per heavy atom. The second-order valence-corrected chi connectivity index (χ2v) is 5.85. The molecule has 126 valence electrons. The minimum atomic E-state index is -0.976. The standard InChI is InChI=1S/C18H20N2O4/c21-17-12-24-15(10-19-17)11-20(18(22)23)9-8-14-6-3-5-13-4-1-2-7-16(13)14/h1-7,15H,8-12H2,(H,19,21)(H,22,23). The molecule has 1 atom stereocenters. The summed E-state index contributed by atoms with van der Waals surface area (Å²) in [6, 6.07) is 14.1. The lowest BCUT2D eigenvalue weighted by Crippen LogP contribution is -2.49. The van der Waals surface area contributed by atoms with E-state index in [1.54, 1.807) is 0 Å². The molecule has 0 radical (unpaired) electrons. The predicted molar refractivity (Wildman–Crippen MR) is 90.0 cm³/mol. The molecule has 3 rings (SSSR count). The summed E-state index contributed by atoms with van der Waals surface area (Å²) in [7, 11) is 0. The maximum atomic E-state index is 11.5. The van der Waals surface area contributed by atoms with Gasteiger partial charge in [0, 0.05) is 13.1 Å². The number of carbonyl (C=O) groups excluding carboxylic acids is 1. The van der Waals surface area contributed by atoms with Gasteiger partial charge in [0.15, 0.2) is 0 Å². The van der Waals surface area contributed by atoms with Crippen molar-refractivity contribution in [1.29, 1.82) is 0 Å². The Hall–Kier alpha value is -2.60. The lowest BCUT2D eigenvalue weighted by molar-refractivity contribution is -0.133. The number of hydrogen-bond acceptors (Lipinski definition) is 3. The third-order valence-corrected chi connectivity index (χ3v) is 4.20. The molecular formula is C18H20N2O4. The van der Waals surface area contributed by atoms with Gasteiger partial charge < -0.3 is 20.1 Å². The summed E-state index contributed by atoms with van der Waals surface area (Å²) in [4.78, 5) is 24.0. The van der Waals surface area contributed by atoms with E-state index in [2.05, 4.69) is 11.4 Å². The Morgan fingerprint density at radius 1 is 1.25 bits per heavy atom. The molecule has 1 aliphatic heterocycles. The quantitative estimate of drug-likeness (QED) is 0.878. The number of carbonyl (C=O) groups is 2. The molecule has 0 spiro atoms. The molecule has 1 fully saturated rings. The van der Waals surface area contributed by atoms with E-state index in [0.29, 0.717) is 19.5 Å². The van der Waals surface area contributed by atoms with Crippen LogP contribution in [-0.4, -0.2) is 54.4 Å². The monoisotopic (exact) mass is 328 g/mol. The molecule has 0 bridgehead atoms. The van der Waals surface area contributed by atoms with Crippen LogP contribution in [0.15, 0.2) is 42.5 Å². The van der Waals surface area contributed by atoms with Gasteiger partial charge in [0.05, 0.1) is 12.6 Å². The van der Waals surface area contributed by atoms with Gasteiger partial charge in [-0.1, -0.05) is 42.5 Å². The van der Waals surface area contributed by atoms with Crippen molar-refractivity contribution < 1.29 is 19.4 Å². The summed E-state index contributed by atoms with van der Waals surface area (Å²) >= 11 is 0. The first-order valence-corrected chi connectivity index (χ1v) is 7.96. The van der Waals surface area contributed by atoms with Gasteiger partial charge in [-0.2, -0.15) is 0 Å². The number of carboxylic acid groups (broad SMARTS) is 1. The fourth-order valence-corrected chi connectivity index (χ4v) is 2.93. The summed E-state index contributed by atoms with van der Waals surface area (Å²) in [6.07, 6.45) is -0.644. The Kier molecular flexibility index (Phi) is 4.96. The van der Waals surface area contributed by atoms with Crippen molar-refractivity contribution in [1.82, 2.24) is 10.2 Å². The zero-order valence-corrected chi connectivity index (χ0v) is 13.3. The second kappa shape index (κ2) is 7.31. The highest BCUT2D eigenvalue weighted by atomic mass is 16.5. The predicted octanol–water partition coefficient (Wildman–Crippen LogP) is 1.88. The number of nitrogens with zero attached hydrogens (tertiary/aromatic N) is 1. The van der Waals surface area contributed by atoms with Crippen LogP contribution in [-0.2, 0) is 16.0 Å². The van der Waals surface area contributed by atoms with Gasteiger partial charge in [0.1, 0.15) is 6.61 Å². The van der Waals surface area contributed by atoms with Crippen LogP contribution < -0.4 is 5.32 Å². The molecule has 0 aromatic heterocycles. The van der Waals surface area contributed by atoms with Gasteiger partial charge in [-0.3, -0.25) is 4.79 Å². The lowest BCUT2D eigenvalue weighted by atomic mass is 10.0. The molecule has 6 nitrogen and oxygen atoms in total. The number of hydrogen-bond donors (Lipinski definition) is 2. The van der Waals surface area contributed by atoms with E-state index >= 15 is 0 Å². The van der Waals surface area contributed by atoms with Crippen molar-refractivity contribution in [3.05, 3.63) is 48.0 Å². The number of benzene rings is 2. The number of morpholine rings is 1. The maximum absolute atomic E-state index is 11.5. The molecule has 2 aromatic carbocycles. The molecular weight excluding hydrogens is 308 g/mol. The molecule has 6 heteroatoms. The molecule has 1 aliphatic rings. The molecule has 0 aliphatic carbocycles. The van der Waals surface area contributed by atoms with Crippen LogP contribution in [0.2, 0.25) is 0 Å². The number of ether oxygens (including phenoxy) is 1. The lowest BCUT2D eigenvalue weighted by Gasteiger charge is -2.28. The fourth-order valence-electron chi connectivity index (χ4n) is 2.93. The molecule has 1 saturated heterocycles. The Balaban J connectivity index is 1.65. The third kappa shape index (κ3) is 3.83. The first-order chi connectivity index (χ1) is 11.6. The minimum absolute atomic E-state index is 0.0125. The minimum Gasteiger partial charge on any atom is -0.465 e. The summed E-state index contributed by atoms with van der Waals surface area (Å²) < 4.78 is 5.38. The summed E-state index contributed by atoms with van der Waals surface area (Å²) in [5, 5.41) is 14.4. The summed E-state index contributed by atoms with van der Waals surface area (Å²) in [6.45, 7) is 0.968. The SMILES string of the molecule is O=C1COC(CN(CCc2cccc3ccccc23)C(=O)O)CN1. The van der Waals surface area contributed by atoms with Crippen molar-refractivity contribution in [3.63, 3.8) is 0 Å². The van der Waals surface area contributed by atoms with E-state index in [1.807, 2.05) is 36.4 Å². The Bertz CT molecular complexity index is 731. The van der Waals surface area contributed by atoms with E-state index in [0.717, 1.165) is 16.3 Å². The first-order valence-electron chi connectivity index (χ1n) is 7.96. The fraction of sp³-hybridized carbons (Fsp3) is 0.333. The van der Waals surface area contributed by atoms with E-state index in [-0.39, 0.29) is 25.2 Å². The molecule has 2 aromatic rings. The molecule has 0 saturated carbocycles. The van der Waals surface area contributed by atoms with Gasteiger partial charge in [0.25, 0.3) is 0 Å². The Labute approximate surface area is 140 Å². The van der Waals surface area contributed by atoms with Gasteiger partial charge in [0.2, 0.25) is 5.91 Å². The van der Waals surface area contributed by atoms with Crippen LogP contribution in [0.4, 0.5) is 4.79 Å². The summed E-state index contributed by atoms with van der Waals surface area (Å²) in [5.74, 6) is -0.163. The average molecular weight is 328 g/mol. The average Bonchev–Trinajstić information content (AvgIpc) is 2.60. The van der Waals surface area contributed by atoms with Gasteiger partial charge >= 0.3 is 6.09 Å². The highest BCUT2D eigenvalue weighted by molar-refractivity contribution is 5.85. The largest absolute Gasteiger partial charge is 0.465 e. The highest BCUT2D eigenvalue weighted by Gasteiger charge is 2.23. The van der Waals surface area contributed by atoms with Gasteiger partial charge in [-0.05, 0) is 22.8 Å². The smallest absolute Gasteiger partial charge is 0.407 e. The molecule has 1 unspecified atom stereocenters. The van der Waals surface area contributed by atoms with E-state index < -0.39 is 6.09 Å². The number of fused-ring (bicyclic) bond motifs is 1. The van der Waals surface area contributed by atoms with Crippen molar-refractivity contribution in [2.75, 3.05) is 26.2 Å². The van der Waals surface area contributed by atoms with Crippen LogP contribution in [0.1, 0.15) is 5.56 Å². The normalized spacial score (nSPS) is 17.5. The van der Waals surface area contributed by atoms with Crippen LogP contribution in [0, 0.1) is 0 Å². The zero-order valence-electron chi connectivity index (χ0n) is 13.3. The second-order valence-electron chi connectivity index (χ2n) is 5.85. The maximum Gasteiger partial charge on any atom is 0.407 e.